The molecule has 0 aliphatic rings. The molecule has 0 aliphatic carbocycles. The van der Waals surface area contributed by atoms with Crippen molar-refractivity contribution in [2.45, 2.75) is 20.0 Å². The summed E-state index contributed by atoms with van der Waals surface area (Å²) >= 11 is 5.89. The van der Waals surface area contributed by atoms with Crippen molar-refractivity contribution in [2.24, 2.45) is 0 Å². The monoisotopic (exact) mass is 318 g/mol. The number of nitrogens with one attached hydrogen (secondary N) is 2. The van der Waals surface area contributed by atoms with Crippen LogP contribution < -0.4 is 15.4 Å². The van der Waals surface area contributed by atoms with E-state index in [1.807, 2.05) is 50.2 Å². The van der Waals surface area contributed by atoms with Crippen LogP contribution in [0.25, 0.3) is 0 Å². The van der Waals surface area contributed by atoms with Crippen molar-refractivity contribution in [1.29, 1.82) is 0 Å². The lowest BCUT2D eigenvalue weighted by Crippen LogP contribution is -2.21. The third-order valence-corrected chi connectivity index (χ3v) is 3.02. The number of halogens is 1. The molecule has 0 saturated heterocycles. The molecule has 1 amide bonds. The molecule has 4 nitrogen and oxygen atoms in total. The molecule has 2 rings (SSSR count). The highest BCUT2D eigenvalue weighted by Crippen LogP contribution is 2.17. The van der Waals surface area contributed by atoms with E-state index in [0.29, 0.717) is 5.02 Å². The Labute approximate surface area is 135 Å². The van der Waals surface area contributed by atoms with Gasteiger partial charge in [0.2, 0.25) is 5.91 Å². The van der Waals surface area contributed by atoms with Crippen LogP contribution in [0.5, 0.6) is 5.75 Å². The molecule has 0 aromatic heterocycles. The van der Waals surface area contributed by atoms with Crippen LogP contribution in [-0.4, -0.2) is 18.6 Å². The first-order valence-corrected chi connectivity index (χ1v) is 7.47. The summed E-state index contributed by atoms with van der Waals surface area (Å²) in [5.41, 5.74) is 1.54. The number of benzene rings is 2. The smallest absolute Gasteiger partial charge is 0.243 e. The van der Waals surface area contributed by atoms with Crippen molar-refractivity contribution >= 4 is 28.9 Å². The number of anilines is 2. The Morgan fingerprint density at radius 3 is 2.50 bits per heavy atom. The number of rotatable bonds is 6. The zero-order valence-corrected chi connectivity index (χ0v) is 13.4. The topological polar surface area (TPSA) is 50.4 Å². The maximum absolute atomic E-state index is 11.9. The van der Waals surface area contributed by atoms with E-state index in [-0.39, 0.29) is 18.6 Å². The minimum absolute atomic E-state index is 0.127. The molecule has 116 valence electrons. The molecule has 2 aromatic rings. The molecule has 0 fully saturated rings. The fraction of sp³-hybridized carbons (Fsp3) is 0.235. The first-order valence-electron chi connectivity index (χ1n) is 7.09. The summed E-state index contributed by atoms with van der Waals surface area (Å²) < 4.78 is 5.55. The summed E-state index contributed by atoms with van der Waals surface area (Å²) in [5.74, 6) is 0.655. The fourth-order valence-corrected chi connectivity index (χ4v) is 2.07. The second kappa shape index (κ2) is 7.71. The van der Waals surface area contributed by atoms with E-state index in [1.54, 1.807) is 12.1 Å². The Hall–Kier alpha value is -2.20. The second-order valence-corrected chi connectivity index (χ2v) is 5.54. The van der Waals surface area contributed by atoms with Crippen molar-refractivity contribution in [3.8, 4) is 5.75 Å². The summed E-state index contributed by atoms with van der Waals surface area (Å²) in [5, 5.41) is 6.47. The van der Waals surface area contributed by atoms with Gasteiger partial charge in [0.05, 0.1) is 12.6 Å². The molecule has 0 unspecified atom stereocenters. The molecule has 22 heavy (non-hydrogen) atoms. The number of amides is 1. The van der Waals surface area contributed by atoms with Crippen molar-refractivity contribution in [1.82, 2.24) is 0 Å². The van der Waals surface area contributed by atoms with Gasteiger partial charge in [0.15, 0.2) is 0 Å². The Morgan fingerprint density at radius 2 is 1.86 bits per heavy atom. The predicted molar refractivity (Wildman–Crippen MR) is 90.8 cm³/mol. The number of carbonyl (C=O) groups excluding carboxylic acids is 1. The third kappa shape index (κ3) is 5.30. The van der Waals surface area contributed by atoms with Crippen LogP contribution in [0.1, 0.15) is 13.8 Å². The van der Waals surface area contributed by atoms with Gasteiger partial charge in [-0.05, 0) is 56.3 Å². The van der Waals surface area contributed by atoms with Crippen LogP contribution in [0.15, 0.2) is 48.5 Å². The molecule has 0 atom stereocenters. The number of hydrogen-bond acceptors (Lipinski definition) is 3. The maximum Gasteiger partial charge on any atom is 0.243 e. The minimum Gasteiger partial charge on any atom is -0.491 e. The molecule has 2 aromatic carbocycles. The van der Waals surface area contributed by atoms with Gasteiger partial charge >= 0.3 is 0 Å². The highest BCUT2D eigenvalue weighted by molar-refractivity contribution is 6.30. The van der Waals surface area contributed by atoms with Crippen LogP contribution in [0.4, 0.5) is 11.4 Å². The van der Waals surface area contributed by atoms with Crippen molar-refractivity contribution in [3.05, 3.63) is 53.6 Å². The Balaban J connectivity index is 1.84. The summed E-state index contributed by atoms with van der Waals surface area (Å²) in [6, 6.07) is 14.5. The van der Waals surface area contributed by atoms with Crippen molar-refractivity contribution in [3.63, 3.8) is 0 Å². The van der Waals surface area contributed by atoms with E-state index in [2.05, 4.69) is 10.6 Å². The summed E-state index contributed by atoms with van der Waals surface area (Å²) in [4.78, 5) is 11.9. The van der Waals surface area contributed by atoms with E-state index in [1.165, 1.54) is 0 Å². The Kier molecular flexibility index (Phi) is 5.67. The zero-order valence-electron chi connectivity index (χ0n) is 12.6. The molecule has 0 aliphatic heterocycles. The minimum atomic E-state index is -0.127. The molecule has 0 bridgehead atoms. The van der Waals surface area contributed by atoms with Gasteiger partial charge in [-0.15, -0.1) is 0 Å². The average Bonchev–Trinajstić information content (AvgIpc) is 2.47. The second-order valence-electron chi connectivity index (χ2n) is 5.10. The van der Waals surface area contributed by atoms with Gasteiger partial charge in [0, 0.05) is 16.4 Å². The van der Waals surface area contributed by atoms with Crippen LogP contribution in [0.2, 0.25) is 5.02 Å². The van der Waals surface area contributed by atoms with Crippen LogP contribution in [-0.2, 0) is 4.79 Å². The van der Waals surface area contributed by atoms with E-state index >= 15 is 0 Å². The van der Waals surface area contributed by atoms with Crippen LogP contribution >= 0.6 is 11.6 Å². The first kappa shape index (κ1) is 16.2. The average molecular weight is 319 g/mol. The Morgan fingerprint density at radius 1 is 1.14 bits per heavy atom. The fourth-order valence-electron chi connectivity index (χ4n) is 1.87. The van der Waals surface area contributed by atoms with Crippen molar-refractivity contribution in [2.75, 3.05) is 17.2 Å². The first-order chi connectivity index (χ1) is 10.5. The molecular weight excluding hydrogens is 300 g/mol. The van der Waals surface area contributed by atoms with Crippen LogP contribution in [0.3, 0.4) is 0 Å². The molecule has 0 spiro atoms. The van der Waals surface area contributed by atoms with Gasteiger partial charge in [-0.1, -0.05) is 17.7 Å². The summed E-state index contributed by atoms with van der Waals surface area (Å²) in [6.07, 6.45) is 0.127. The summed E-state index contributed by atoms with van der Waals surface area (Å²) in [6.45, 7) is 4.11. The highest BCUT2D eigenvalue weighted by Gasteiger charge is 2.03. The number of hydrogen-bond donors (Lipinski definition) is 2. The molecule has 0 saturated carbocycles. The van der Waals surface area contributed by atoms with Crippen LogP contribution in [0, 0.1) is 0 Å². The summed E-state index contributed by atoms with van der Waals surface area (Å²) in [7, 11) is 0. The number of ether oxygens (including phenoxy) is 1. The molecule has 5 heteroatoms. The van der Waals surface area contributed by atoms with E-state index in [9.17, 15) is 4.79 Å². The lowest BCUT2D eigenvalue weighted by atomic mass is 10.3. The van der Waals surface area contributed by atoms with Gasteiger partial charge < -0.3 is 15.4 Å². The molecule has 0 radical (unpaired) electrons. The van der Waals surface area contributed by atoms with Gasteiger partial charge in [0.25, 0.3) is 0 Å². The zero-order chi connectivity index (χ0) is 15.9. The standard InChI is InChI=1S/C17H19ClN2O2/c1-12(2)22-16-8-6-14(7-9-16)20-17(21)11-19-15-5-3-4-13(18)10-15/h3-10,12,19H,11H2,1-2H3,(H,20,21). The quantitative estimate of drug-likeness (QED) is 0.840. The largest absolute Gasteiger partial charge is 0.491 e. The van der Waals surface area contributed by atoms with E-state index < -0.39 is 0 Å². The Bertz CT molecular complexity index is 627. The SMILES string of the molecule is CC(C)Oc1ccc(NC(=O)CNc2cccc(Cl)c2)cc1. The molecule has 0 heterocycles. The van der Waals surface area contributed by atoms with E-state index in [0.717, 1.165) is 17.1 Å². The van der Waals surface area contributed by atoms with Gasteiger partial charge in [0.1, 0.15) is 5.75 Å². The highest BCUT2D eigenvalue weighted by atomic mass is 35.5. The predicted octanol–water partition coefficient (Wildman–Crippen LogP) is 4.18. The van der Waals surface area contributed by atoms with Gasteiger partial charge in [-0.25, -0.2) is 0 Å². The van der Waals surface area contributed by atoms with Crippen molar-refractivity contribution < 1.29 is 9.53 Å². The maximum atomic E-state index is 11.9. The van der Waals surface area contributed by atoms with E-state index in [4.69, 9.17) is 16.3 Å². The lowest BCUT2D eigenvalue weighted by Gasteiger charge is -2.11. The molecule has 2 N–H and O–H groups in total. The third-order valence-electron chi connectivity index (χ3n) is 2.79. The normalized spacial score (nSPS) is 10.4. The molecular formula is C17H19ClN2O2. The van der Waals surface area contributed by atoms with Gasteiger partial charge in [-0.3, -0.25) is 4.79 Å². The lowest BCUT2D eigenvalue weighted by molar-refractivity contribution is -0.114. The van der Waals surface area contributed by atoms with Gasteiger partial charge in [-0.2, -0.15) is 0 Å². The number of carbonyl (C=O) groups is 1.